The van der Waals surface area contributed by atoms with Crippen molar-refractivity contribution in [2.75, 3.05) is 0 Å². The molecule has 0 saturated heterocycles. The van der Waals surface area contributed by atoms with Gasteiger partial charge in [-0.2, -0.15) is 0 Å². The molecule has 0 spiro atoms. The molecule has 4 nitrogen and oxygen atoms in total. The monoisotopic (exact) mass is 626 g/mol. The van der Waals surface area contributed by atoms with Crippen molar-refractivity contribution in [2.45, 2.75) is 26.3 Å². The van der Waals surface area contributed by atoms with Crippen LogP contribution in [0.1, 0.15) is 37.4 Å². The molecule has 1 atom stereocenters. The summed E-state index contributed by atoms with van der Waals surface area (Å²) >= 11 is 0. The third kappa shape index (κ3) is 6.33. The molecule has 6 aromatic rings. The number of para-hydroxylation sites is 1. The molecule has 1 aromatic heterocycles. The van der Waals surface area contributed by atoms with E-state index in [0.717, 1.165) is 23.2 Å². The summed E-state index contributed by atoms with van der Waals surface area (Å²) in [7, 11) is 0. The van der Waals surface area contributed by atoms with Crippen molar-refractivity contribution >= 4 is 38.3 Å². The lowest BCUT2D eigenvalue weighted by molar-refractivity contribution is 0.737. The summed E-state index contributed by atoms with van der Waals surface area (Å²) in [6.45, 7) is 7.75. The van der Waals surface area contributed by atoms with E-state index in [-0.39, 0.29) is 6.04 Å². The Kier molecular flexibility index (Phi) is 9.73. The number of aromatic nitrogens is 1. The molecule has 238 valence electrons. The first kappa shape index (κ1) is 32.0. The summed E-state index contributed by atoms with van der Waals surface area (Å²) in [6.07, 6.45) is 18.4. The van der Waals surface area contributed by atoms with Crippen molar-refractivity contribution in [3.63, 3.8) is 0 Å². The number of hydrogen-bond donors (Lipinski definition) is 3. The maximum Gasteiger partial charge on any atom is 0.0696 e. The highest BCUT2D eigenvalue weighted by Crippen LogP contribution is 2.39. The van der Waals surface area contributed by atoms with E-state index in [1.165, 1.54) is 49.3 Å². The molecule has 0 amide bonds. The Balaban J connectivity index is 0.00000197. The lowest BCUT2D eigenvalue weighted by Crippen LogP contribution is -2.16. The molecular formula is C44H42N4. The van der Waals surface area contributed by atoms with Gasteiger partial charge in [-0.05, 0) is 82.3 Å². The molecular weight excluding hydrogens is 585 g/mol. The van der Waals surface area contributed by atoms with E-state index in [1.54, 1.807) is 12.3 Å². The van der Waals surface area contributed by atoms with E-state index < -0.39 is 0 Å². The summed E-state index contributed by atoms with van der Waals surface area (Å²) in [5, 5.41) is 8.50. The zero-order chi connectivity index (χ0) is 33.5. The van der Waals surface area contributed by atoms with Crippen LogP contribution in [0, 0.1) is 0 Å². The van der Waals surface area contributed by atoms with Gasteiger partial charge in [0.15, 0.2) is 0 Å². The smallest absolute Gasteiger partial charge is 0.0696 e. The molecule has 0 fully saturated rings. The van der Waals surface area contributed by atoms with Crippen LogP contribution in [0.3, 0.4) is 0 Å². The standard InChI is InChI=1S/C42H36N4.C2H6/c1-2-9-39(44)31-16-14-30(15-17-31)32-18-21-36-33(26-32)19-23-38-37-22-20-34(40-24-13-29(28-45-40)10-5-4-8-25-43)27-41(37)46(42(36)38)35-11-6-3-7-12-35;1-2/h2-9,11-28,40,45H,1,10,43-44H2;1-2H3/b5-4-,25-8-,39-9-;. The quantitative estimate of drug-likeness (QED) is 0.147. The Hall–Kier alpha value is -6.00. The van der Waals surface area contributed by atoms with Crippen LogP contribution in [0.4, 0.5) is 0 Å². The van der Waals surface area contributed by atoms with Crippen molar-refractivity contribution in [3.8, 4) is 16.8 Å². The highest BCUT2D eigenvalue weighted by atomic mass is 15.0. The minimum atomic E-state index is 0.0941. The van der Waals surface area contributed by atoms with Gasteiger partial charge in [0.1, 0.15) is 0 Å². The fourth-order valence-electron chi connectivity index (χ4n) is 6.35. The summed E-state index contributed by atoms with van der Waals surface area (Å²) < 4.78 is 2.42. The van der Waals surface area contributed by atoms with E-state index >= 15 is 0 Å². The molecule has 1 aliphatic rings. The van der Waals surface area contributed by atoms with Crippen molar-refractivity contribution < 1.29 is 0 Å². The molecule has 0 aliphatic carbocycles. The summed E-state index contributed by atoms with van der Waals surface area (Å²) in [5.41, 5.74) is 21.6. The third-order valence-electron chi connectivity index (χ3n) is 8.65. The molecule has 0 radical (unpaired) electrons. The molecule has 48 heavy (non-hydrogen) atoms. The van der Waals surface area contributed by atoms with Crippen LogP contribution < -0.4 is 16.8 Å². The number of benzene rings is 5. The van der Waals surface area contributed by atoms with Gasteiger partial charge in [-0.25, -0.2) is 0 Å². The van der Waals surface area contributed by atoms with Crippen LogP contribution in [0.25, 0.3) is 55.1 Å². The molecule has 1 unspecified atom stereocenters. The normalized spacial score (nSPS) is 14.8. The van der Waals surface area contributed by atoms with Crippen LogP contribution in [0.15, 0.2) is 170 Å². The van der Waals surface area contributed by atoms with Gasteiger partial charge in [0.25, 0.3) is 0 Å². The van der Waals surface area contributed by atoms with Crippen LogP contribution in [-0.4, -0.2) is 4.57 Å². The first-order chi connectivity index (χ1) is 23.6. The van der Waals surface area contributed by atoms with Crippen LogP contribution in [0.5, 0.6) is 0 Å². The van der Waals surface area contributed by atoms with E-state index in [9.17, 15) is 0 Å². The van der Waals surface area contributed by atoms with Gasteiger partial charge in [0.2, 0.25) is 0 Å². The average molecular weight is 627 g/mol. The van der Waals surface area contributed by atoms with Crippen molar-refractivity contribution in [2.24, 2.45) is 11.5 Å². The third-order valence-corrected chi connectivity index (χ3v) is 8.65. The Morgan fingerprint density at radius 1 is 0.833 bits per heavy atom. The van der Waals surface area contributed by atoms with Crippen molar-refractivity contribution in [1.82, 2.24) is 9.88 Å². The SMILES string of the molecule is C=C/C=C(\N)c1ccc(-c2ccc3c(ccc4c5ccc(C6C=CC(C/C=C\C=C/N)=CN6)cc5n(-c5ccccc5)c34)c2)cc1.CC. The van der Waals surface area contributed by atoms with Gasteiger partial charge in [0, 0.05) is 33.7 Å². The molecule has 1 aliphatic heterocycles. The Morgan fingerprint density at radius 2 is 1.58 bits per heavy atom. The van der Waals surface area contributed by atoms with Crippen LogP contribution >= 0.6 is 0 Å². The summed E-state index contributed by atoms with van der Waals surface area (Å²) in [5.74, 6) is 0. The number of nitrogens with zero attached hydrogens (tertiary/aromatic N) is 1. The summed E-state index contributed by atoms with van der Waals surface area (Å²) in [6, 6.07) is 37.3. The Labute approximate surface area is 283 Å². The number of hydrogen-bond acceptors (Lipinski definition) is 3. The predicted molar refractivity (Wildman–Crippen MR) is 208 cm³/mol. The van der Waals surface area contributed by atoms with Crippen molar-refractivity contribution in [3.05, 3.63) is 181 Å². The zero-order valence-corrected chi connectivity index (χ0v) is 27.6. The van der Waals surface area contributed by atoms with Crippen LogP contribution in [-0.2, 0) is 0 Å². The predicted octanol–water partition coefficient (Wildman–Crippen LogP) is 10.6. The lowest BCUT2D eigenvalue weighted by Gasteiger charge is -2.19. The lowest BCUT2D eigenvalue weighted by atomic mass is 9.98. The number of allylic oxidation sites excluding steroid dienone is 7. The second kappa shape index (κ2) is 14.6. The van der Waals surface area contributed by atoms with E-state index in [4.69, 9.17) is 11.5 Å². The average Bonchev–Trinajstić information content (AvgIpc) is 3.49. The number of nitrogens with two attached hydrogens (primary N) is 2. The van der Waals surface area contributed by atoms with Gasteiger partial charge in [0.05, 0.1) is 17.1 Å². The number of nitrogens with one attached hydrogen (secondary N) is 1. The van der Waals surface area contributed by atoms with E-state index in [2.05, 4.69) is 144 Å². The summed E-state index contributed by atoms with van der Waals surface area (Å²) in [4.78, 5) is 0. The largest absolute Gasteiger partial charge is 0.405 e. The highest BCUT2D eigenvalue weighted by Gasteiger charge is 2.18. The molecule has 2 heterocycles. The zero-order valence-electron chi connectivity index (χ0n) is 27.6. The molecule has 5 N–H and O–H groups in total. The number of rotatable bonds is 8. The second-order valence-electron chi connectivity index (χ2n) is 11.5. The fourth-order valence-corrected chi connectivity index (χ4v) is 6.35. The first-order valence-corrected chi connectivity index (χ1v) is 16.6. The van der Waals surface area contributed by atoms with Gasteiger partial charge in [-0.1, -0.05) is 130 Å². The van der Waals surface area contributed by atoms with Crippen molar-refractivity contribution in [1.29, 1.82) is 0 Å². The molecule has 5 aromatic carbocycles. The molecule has 0 saturated carbocycles. The maximum absolute atomic E-state index is 6.17. The molecule has 0 bridgehead atoms. The Bertz CT molecular complexity index is 2230. The fraction of sp³-hybridized carbons (Fsp3) is 0.0909. The first-order valence-electron chi connectivity index (χ1n) is 16.6. The van der Waals surface area contributed by atoms with Gasteiger partial charge < -0.3 is 21.4 Å². The second-order valence-corrected chi connectivity index (χ2v) is 11.5. The maximum atomic E-state index is 6.17. The van der Waals surface area contributed by atoms with E-state index in [0.29, 0.717) is 5.70 Å². The van der Waals surface area contributed by atoms with Crippen LogP contribution in [0.2, 0.25) is 0 Å². The minimum Gasteiger partial charge on any atom is -0.405 e. The molecule has 4 heteroatoms. The highest BCUT2D eigenvalue weighted by molar-refractivity contribution is 6.19. The topological polar surface area (TPSA) is 69.0 Å². The Morgan fingerprint density at radius 3 is 2.31 bits per heavy atom. The minimum absolute atomic E-state index is 0.0941. The van der Waals surface area contributed by atoms with Gasteiger partial charge >= 0.3 is 0 Å². The number of dihydropyridines is 1. The van der Waals surface area contributed by atoms with Gasteiger partial charge in [-0.15, -0.1) is 0 Å². The number of fused-ring (bicyclic) bond motifs is 5. The van der Waals surface area contributed by atoms with E-state index in [1.807, 2.05) is 32.1 Å². The molecule has 7 rings (SSSR count). The van der Waals surface area contributed by atoms with Gasteiger partial charge in [-0.3, -0.25) is 0 Å².